The van der Waals surface area contributed by atoms with Crippen molar-refractivity contribution >= 4 is 28.1 Å². The normalized spacial score (nSPS) is 22.8. The number of aromatic nitrogens is 1. The highest BCUT2D eigenvalue weighted by atomic mass is 32.1. The number of benzene rings is 1. The summed E-state index contributed by atoms with van der Waals surface area (Å²) in [7, 11) is 0. The summed E-state index contributed by atoms with van der Waals surface area (Å²) in [6, 6.07) is 9.98. The van der Waals surface area contributed by atoms with Crippen LogP contribution in [0, 0.1) is 11.3 Å². The van der Waals surface area contributed by atoms with Gasteiger partial charge < -0.3 is 10.4 Å². The molecule has 1 aromatic carbocycles. The van der Waals surface area contributed by atoms with Crippen molar-refractivity contribution in [3.63, 3.8) is 0 Å². The number of thiazole rings is 1. The van der Waals surface area contributed by atoms with Gasteiger partial charge in [-0.15, -0.1) is 11.3 Å². The molecular formula is C17H20N2O2S. The van der Waals surface area contributed by atoms with E-state index in [0.717, 1.165) is 22.9 Å². The van der Waals surface area contributed by atoms with E-state index in [1.54, 1.807) is 11.3 Å². The molecule has 2 N–H and O–H groups in total. The van der Waals surface area contributed by atoms with Crippen molar-refractivity contribution in [2.24, 2.45) is 11.3 Å². The standard InChI is InChI=1S/C17H20N2O2S/c1-17(2)11(9-15(20)21)8-13(17)14-10-22-16(19-14)18-12-6-4-3-5-7-12/h3-7,10-11,13H,8-9H2,1-2H3,(H,18,19)(H,20,21). The van der Waals surface area contributed by atoms with Crippen LogP contribution < -0.4 is 5.32 Å². The Hall–Kier alpha value is -1.88. The average molecular weight is 316 g/mol. The van der Waals surface area contributed by atoms with E-state index in [-0.39, 0.29) is 17.8 Å². The molecule has 1 aromatic heterocycles. The lowest BCUT2D eigenvalue weighted by Crippen LogP contribution is -2.44. The van der Waals surface area contributed by atoms with Gasteiger partial charge in [-0.3, -0.25) is 4.79 Å². The number of nitrogens with zero attached hydrogens (tertiary/aromatic N) is 1. The first-order chi connectivity index (χ1) is 10.5. The van der Waals surface area contributed by atoms with Crippen LogP contribution in [0.3, 0.4) is 0 Å². The van der Waals surface area contributed by atoms with Crippen molar-refractivity contribution in [3.8, 4) is 0 Å². The molecule has 2 unspecified atom stereocenters. The van der Waals surface area contributed by atoms with Gasteiger partial charge in [0, 0.05) is 23.4 Å². The maximum absolute atomic E-state index is 10.9. The monoisotopic (exact) mass is 316 g/mol. The second-order valence-corrected chi connectivity index (χ2v) is 7.33. The lowest BCUT2D eigenvalue weighted by atomic mass is 9.53. The van der Waals surface area contributed by atoms with E-state index in [0.29, 0.717) is 5.92 Å². The van der Waals surface area contributed by atoms with E-state index in [1.807, 2.05) is 30.3 Å². The van der Waals surface area contributed by atoms with Gasteiger partial charge in [0.05, 0.1) is 5.69 Å². The number of carboxylic acid groups (broad SMARTS) is 1. The molecule has 5 heteroatoms. The summed E-state index contributed by atoms with van der Waals surface area (Å²) in [4.78, 5) is 15.6. The van der Waals surface area contributed by atoms with E-state index >= 15 is 0 Å². The third-order valence-corrected chi connectivity index (χ3v) is 5.57. The summed E-state index contributed by atoms with van der Waals surface area (Å²) in [5.41, 5.74) is 2.10. The zero-order chi connectivity index (χ0) is 15.7. The minimum Gasteiger partial charge on any atom is -0.481 e. The smallest absolute Gasteiger partial charge is 0.303 e. The summed E-state index contributed by atoms with van der Waals surface area (Å²) in [5.74, 6) is -0.122. The second-order valence-electron chi connectivity index (χ2n) is 6.47. The maximum Gasteiger partial charge on any atom is 0.303 e. The quantitative estimate of drug-likeness (QED) is 0.853. The fourth-order valence-corrected chi connectivity index (χ4v) is 4.01. The highest BCUT2D eigenvalue weighted by Gasteiger charge is 2.50. The van der Waals surface area contributed by atoms with E-state index in [2.05, 4.69) is 24.5 Å². The molecule has 0 amide bonds. The van der Waals surface area contributed by atoms with Crippen molar-refractivity contribution in [2.75, 3.05) is 5.32 Å². The topological polar surface area (TPSA) is 62.2 Å². The zero-order valence-electron chi connectivity index (χ0n) is 12.7. The minimum absolute atomic E-state index is 0.00349. The van der Waals surface area contributed by atoms with Crippen LogP contribution in [0.4, 0.5) is 10.8 Å². The molecule has 1 aliphatic carbocycles. The first kappa shape index (κ1) is 15.0. The van der Waals surface area contributed by atoms with Crippen molar-refractivity contribution in [1.29, 1.82) is 0 Å². The molecule has 2 aromatic rings. The van der Waals surface area contributed by atoms with E-state index < -0.39 is 5.97 Å². The highest BCUT2D eigenvalue weighted by Crippen LogP contribution is 2.58. The summed E-state index contributed by atoms with van der Waals surface area (Å²) >= 11 is 1.60. The summed E-state index contributed by atoms with van der Waals surface area (Å²) in [6.45, 7) is 4.30. The molecule has 116 valence electrons. The molecule has 1 heterocycles. The number of aliphatic carboxylic acids is 1. The van der Waals surface area contributed by atoms with Gasteiger partial charge in [0.1, 0.15) is 0 Å². The number of nitrogens with one attached hydrogen (secondary N) is 1. The van der Waals surface area contributed by atoms with Crippen LogP contribution in [0.25, 0.3) is 0 Å². The molecule has 1 fully saturated rings. The van der Waals surface area contributed by atoms with Crippen LogP contribution >= 0.6 is 11.3 Å². The van der Waals surface area contributed by atoms with Crippen LogP contribution in [-0.4, -0.2) is 16.1 Å². The minimum atomic E-state index is -0.707. The fraction of sp³-hybridized carbons (Fsp3) is 0.412. The number of hydrogen-bond donors (Lipinski definition) is 2. The second kappa shape index (κ2) is 5.72. The molecule has 22 heavy (non-hydrogen) atoms. The molecule has 0 spiro atoms. The van der Waals surface area contributed by atoms with Crippen LogP contribution in [0.5, 0.6) is 0 Å². The molecule has 2 atom stereocenters. The summed E-state index contributed by atoms with van der Waals surface area (Å²) < 4.78 is 0. The number of carboxylic acids is 1. The highest BCUT2D eigenvalue weighted by molar-refractivity contribution is 7.13. The van der Waals surface area contributed by atoms with E-state index in [1.165, 1.54) is 0 Å². The number of rotatable bonds is 5. The van der Waals surface area contributed by atoms with Crippen LogP contribution in [0.1, 0.15) is 38.3 Å². The van der Waals surface area contributed by atoms with Gasteiger partial charge in [-0.1, -0.05) is 32.0 Å². The van der Waals surface area contributed by atoms with Crippen LogP contribution in [-0.2, 0) is 4.79 Å². The SMILES string of the molecule is CC1(C)C(CC(=O)O)CC1c1csc(Nc2ccccc2)n1. The Bertz CT molecular complexity index is 666. The van der Waals surface area contributed by atoms with Crippen LogP contribution in [0.2, 0.25) is 0 Å². The molecule has 0 bridgehead atoms. The average Bonchev–Trinajstić information content (AvgIpc) is 2.91. The van der Waals surface area contributed by atoms with Gasteiger partial charge in [0.2, 0.25) is 0 Å². The molecule has 0 aliphatic heterocycles. The molecule has 1 saturated carbocycles. The largest absolute Gasteiger partial charge is 0.481 e. The Balaban J connectivity index is 1.69. The Morgan fingerprint density at radius 1 is 1.41 bits per heavy atom. The van der Waals surface area contributed by atoms with E-state index in [9.17, 15) is 4.79 Å². The predicted molar refractivity (Wildman–Crippen MR) is 88.7 cm³/mol. The number of anilines is 2. The van der Waals surface area contributed by atoms with Gasteiger partial charge in [0.15, 0.2) is 5.13 Å². The van der Waals surface area contributed by atoms with Gasteiger partial charge in [-0.25, -0.2) is 4.98 Å². The van der Waals surface area contributed by atoms with Gasteiger partial charge >= 0.3 is 5.97 Å². The van der Waals surface area contributed by atoms with Gasteiger partial charge in [0.25, 0.3) is 0 Å². The Kier molecular flexibility index (Phi) is 3.91. The van der Waals surface area contributed by atoms with Gasteiger partial charge in [-0.05, 0) is 29.9 Å². The van der Waals surface area contributed by atoms with Crippen molar-refractivity contribution in [1.82, 2.24) is 4.98 Å². The number of carbonyl (C=O) groups is 1. The third-order valence-electron chi connectivity index (χ3n) is 4.80. The first-order valence-electron chi connectivity index (χ1n) is 7.46. The number of para-hydroxylation sites is 1. The van der Waals surface area contributed by atoms with Crippen LogP contribution in [0.15, 0.2) is 35.7 Å². The Morgan fingerprint density at radius 3 is 2.77 bits per heavy atom. The van der Waals surface area contributed by atoms with E-state index in [4.69, 9.17) is 10.1 Å². The lowest BCUT2D eigenvalue weighted by Gasteiger charge is -2.51. The predicted octanol–water partition coefficient (Wildman–Crippen LogP) is 4.49. The molecule has 3 rings (SSSR count). The first-order valence-corrected chi connectivity index (χ1v) is 8.34. The number of hydrogen-bond acceptors (Lipinski definition) is 4. The maximum atomic E-state index is 10.9. The zero-order valence-corrected chi connectivity index (χ0v) is 13.6. The molecule has 0 saturated heterocycles. The molecular weight excluding hydrogens is 296 g/mol. The van der Waals surface area contributed by atoms with Crippen molar-refractivity contribution in [2.45, 2.75) is 32.6 Å². The summed E-state index contributed by atoms with van der Waals surface area (Å²) in [5, 5.41) is 15.3. The lowest BCUT2D eigenvalue weighted by molar-refractivity contribution is -0.141. The van der Waals surface area contributed by atoms with Gasteiger partial charge in [-0.2, -0.15) is 0 Å². The van der Waals surface area contributed by atoms with Crippen molar-refractivity contribution in [3.05, 3.63) is 41.4 Å². The molecule has 0 radical (unpaired) electrons. The molecule has 4 nitrogen and oxygen atoms in total. The fourth-order valence-electron chi connectivity index (χ4n) is 3.22. The van der Waals surface area contributed by atoms with Crippen molar-refractivity contribution < 1.29 is 9.90 Å². The Labute approximate surface area is 134 Å². The molecule has 1 aliphatic rings. The summed E-state index contributed by atoms with van der Waals surface area (Å²) in [6.07, 6.45) is 1.16. The Morgan fingerprint density at radius 2 is 2.14 bits per heavy atom. The third kappa shape index (κ3) is 2.86.